The normalized spacial score (nSPS) is 11.8. The standard InChI is InChI=1S/C23H16F3N5O2/c1-33-20-7-3-6-19-27-18(12-31(19)20)21(32)30-22-28-16-9-8-14(11-17(16)29-22)13-4-2-5-15(10-13)23(24,25)26/h2-12H,1H3,(H2,28,29,30,32). The van der Waals surface area contributed by atoms with Crippen LogP contribution in [0.25, 0.3) is 27.8 Å². The van der Waals surface area contributed by atoms with Gasteiger partial charge in [-0.05, 0) is 47.5 Å². The number of aromatic amines is 1. The Kier molecular flexibility index (Phi) is 4.77. The number of hydrogen-bond acceptors (Lipinski definition) is 4. The molecular formula is C23H16F3N5O2. The van der Waals surface area contributed by atoms with Gasteiger partial charge < -0.3 is 9.72 Å². The number of pyridine rings is 1. The highest BCUT2D eigenvalue weighted by molar-refractivity contribution is 6.03. The number of benzene rings is 2. The number of fused-ring (bicyclic) bond motifs is 2. The van der Waals surface area contributed by atoms with Gasteiger partial charge in [-0.15, -0.1) is 0 Å². The van der Waals surface area contributed by atoms with Crippen molar-refractivity contribution in [2.75, 3.05) is 12.4 Å². The van der Waals surface area contributed by atoms with Crippen molar-refractivity contribution < 1.29 is 22.7 Å². The highest BCUT2D eigenvalue weighted by atomic mass is 19.4. The molecule has 7 nitrogen and oxygen atoms in total. The summed E-state index contributed by atoms with van der Waals surface area (Å²) in [6, 6.07) is 15.4. The molecule has 0 aliphatic carbocycles. The lowest BCUT2D eigenvalue weighted by Gasteiger charge is -2.08. The van der Waals surface area contributed by atoms with Gasteiger partial charge in [0.25, 0.3) is 5.91 Å². The van der Waals surface area contributed by atoms with Crippen molar-refractivity contribution in [2.24, 2.45) is 0 Å². The molecule has 3 heterocycles. The minimum atomic E-state index is -4.42. The Morgan fingerprint density at radius 1 is 1.03 bits per heavy atom. The van der Waals surface area contributed by atoms with Crippen LogP contribution in [-0.4, -0.2) is 32.4 Å². The summed E-state index contributed by atoms with van der Waals surface area (Å²) in [7, 11) is 1.52. The number of hydrogen-bond donors (Lipinski definition) is 2. The van der Waals surface area contributed by atoms with Crippen LogP contribution in [-0.2, 0) is 6.18 Å². The SMILES string of the molecule is COc1cccc2nc(C(=O)Nc3nc4ccc(-c5cccc(C(F)(F)F)c5)cc4[nH]3)cn12. The first kappa shape index (κ1) is 20.6. The van der Waals surface area contributed by atoms with Gasteiger partial charge in [-0.3, -0.25) is 14.5 Å². The van der Waals surface area contributed by atoms with Crippen LogP contribution >= 0.6 is 0 Å². The zero-order valence-corrected chi connectivity index (χ0v) is 17.1. The molecule has 2 N–H and O–H groups in total. The summed E-state index contributed by atoms with van der Waals surface area (Å²) in [5.74, 6) is 0.253. The molecule has 0 saturated heterocycles. The Bertz CT molecular complexity index is 1500. The molecule has 10 heteroatoms. The second-order valence-corrected chi connectivity index (χ2v) is 7.27. The summed E-state index contributed by atoms with van der Waals surface area (Å²) in [4.78, 5) is 24.3. The van der Waals surface area contributed by atoms with E-state index in [0.717, 1.165) is 12.1 Å². The maximum atomic E-state index is 13.0. The van der Waals surface area contributed by atoms with Crippen molar-refractivity contribution >= 4 is 28.5 Å². The predicted octanol–water partition coefficient (Wildman–Crippen LogP) is 5.16. The van der Waals surface area contributed by atoms with E-state index in [9.17, 15) is 18.0 Å². The lowest BCUT2D eigenvalue weighted by molar-refractivity contribution is -0.137. The molecule has 33 heavy (non-hydrogen) atoms. The van der Waals surface area contributed by atoms with Crippen LogP contribution in [0.15, 0.2) is 66.9 Å². The molecule has 0 aliphatic rings. The Balaban J connectivity index is 1.42. The van der Waals surface area contributed by atoms with Crippen LogP contribution in [0, 0.1) is 0 Å². The summed E-state index contributed by atoms with van der Waals surface area (Å²) >= 11 is 0. The third-order valence-corrected chi connectivity index (χ3v) is 5.13. The number of halogens is 3. The topological polar surface area (TPSA) is 84.3 Å². The van der Waals surface area contributed by atoms with E-state index < -0.39 is 17.6 Å². The molecule has 2 aromatic carbocycles. The van der Waals surface area contributed by atoms with Crippen molar-refractivity contribution in [3.8, 4) is 17.0 Å². The van der Waals surface area contributed by atoms with E-state index in [4.69, 9.17) is 4.74 Å². The summed E-state index contributed by atoms with van der Waals surface area (Å²) in [6.07, 6.45) is -2.87. The molecule has 5 aromatic rings. The number of carbonyl (C=O) groups is 1. The maximum Gasteiger partial charge on any atom is 0.416 e. The van der Waals surface area contributed by atoms with E-state index in [0.29, 0.717) is 33.7 Å². The van der Waals surface area contributed by atoms with Crippen LogP contribution < -0.4 is 10.1 Å². The fraction of sp³-hybridized carbons (Fsp3) is 0.0870. The minimum absolute atomic E-state index is 0.171. The lowest BCUT2D eigenvalue weighted by Crippen LogP contribution is -2.13. The van der Waals surface area contributed by atoms with Gasteiger partial charge in [-0.2, -0.15) is 13.2 Å². The third-order valence-electron chi connectivity index (χ3n) is 5.13. The van der Waals surface area contributed by atoms with E-state index in [2.05, 4.69) is 20.3 Å². The van der Waals surface area contributed by atoms with Crippen LogP contribution in [0.4, 0.5) is 19.1 Å². The molecule has 0 aliphatic heterocycles. The zero-order valence-electron chi connectivity index (χ0n) is 17.1. The van der Waals surface area contributed by atoms with Crippen LogP contribution in [0.1, 0.15) is 16.1 Å². The molecule has 3 aromatic heterocycles. The number of H-pyrrole nitrogens is 1. The highest BCUT2D eigenvalue weighted by Gasteiger charge is 2.30. The molecule has 1 amide bonds. The van der Waals surface area contributed by atoms with Gasteiger partial charge in [0.15, 0.2) is 5.88 Å². The average Bonchev–Trinajstić information content (AvgIpc) is 3.41. The zero-order chi connectivity index (χ0) is 23.2. The molecule has 0 bridgehead atoms. The molecule has 5 rings (SSSR count). The van der Waals surface area contributed by atoms with Gasteiger partial charge in [-0.25, -0.2) is 9.97 Å². The van der Waals surface area contributed by atoms with Gasteiger partial charge in [0.05, 0.1) is 23.7 Å². The highest BCUT2D eigenvalue weighted by Crippen LogP contribution is 2.33. The second-order valence-electron chi connectivity index (χ2n) is 7.27. The first-order chi connectivity index (χ1) is 15.8. The van der Waals surface area contributed by atoms with Crippen molar-refractivity contribution in [3.63, 3.8) is 0 Å². The first-order valence-corrected chi connectivity index (χ1v) is 9.83. The van der Waals surface area contributed by atoms with Crippen LogP contribution in [0.5, 0.6) is 5.88 Å². The van der Waals surface area contributed by atoms with Crippen LogP contribution in [0.3, 0.4) is 0 Å². The number of imidazole rings is 2. The van der Waals surface area contributed by atoms with Gasteiger partial charge in [0.1, 0.15) is 11.3 Å². The summed E-state index contributed by atoms with van der Waals surface area (Å²) in [5, 5.41) is 2.66. The van der Waals surface area contributed by atoms with E-state index in [-0.39, 0.29) is 11.6 Å². The Hall–Kier alpha value is -4.34. The molecular weight excluding hydrogens is 435 g/mol. The van der Waals surface area contributed by atoms with E-state index >= 15 is 0 Å². The molecule has 0 fully saturated rings. The third kappa shape index (κ3) is 3.86. The van der Waals surface area contributed by atoms with E-state index in [1.807, 2.05) is 0 Å². The van der Waals surface area contributed by atoms with E-state index in [1.54, 1.807) is 53.1 Å². The predicted molar refractivity (Wildman–Crippen MR) is 116 cm³/mol. The number of nitrogens with one attached hydrogen (secondary N) is 2. The second kappa shape index (κ2) is 7.66. The fourth-order valence-corrected chi connectivity index (χ4v) is 3.56. The van der Waals surface area contributed by atoms with Crippen LogP contribution in [0.2, 0.25) is 0 Å². The maximum absolute atomic E-state index is 13.0. The summed E-state index contributed by atoms with van der Waals surface area (Å²) in [5.41, 5.74) is 2.13. The molecule has 166 valence electrons. The van der Waals surface area contributed by atoms with Gasteiger partial charge in [0, 0.05) is 6.20 Å². The Labute approximate surface area is 184 Å². The lowest BCUT2D eigenvalue weighted by atomic mass is 10.0. The minimum Gasteiger partial charge on any atom is -0.482 e. The van der Waals surface area contributed by atoms with Crippen molar-refractivity contribution in [2.45, 2.75) is 6.18 Å². The number of methoxy groups -OCH3 is 1. The number of alkyl halides is 3. The molecule has 0 spiro atoms. The summed E-state index contributed by atoms with van der Waals surface area (Å²) < 4.78 is 46.0. The number of carbonyl (C=O) groups excluding carboxylic acids is 1. The Morgan fingerprint density at radius 2 is 1.82 bits per heavy atom. The largest absolute Gasteiger partial charge is 0.482 e. The smallest absolute Gasteiger partial charge is 0.416 e. The monoisotopic (exact) mass is 451 g/mol. The molecule has 0 atom stereocenters. The number of ether oxygens (including phenoxy) is 1. The fourth-order valence-electron chi connectivity index (χ4n) is 3.56. The van der Waals surface area contributed by atoms with Crippen molar-refractivity contribution in [3.05, 3.63) is 78.1 Å². The van der Waals surface area contributed by atoms with Crippen molar-refractivity contribution in [1.29, 1.82) is 0 Å². The number of aromatic nitrogens is 4. The van der Waals surface area contributed by atoms with Gasteiger partial charge >= 0.3 is 6.18 Å². The average molecular weight is 451 g/mol. The van der Waals surface area contributed by atoms with E-state index in [1.165, 1.54) is 13.2 Å². The molecule has 0 radical (unpaired) electrons. The quantitative estimate of drug-likeness (QED) is 0.396. The first-order valence-electron chi connectivity index (χ1n) is 9.83. The number of rotatable bonds is 4. The number of amides is 1. The number of anilines is 1. The number of nitrogens with zero attached hydrogens (tertiary/aromatic N) is 3. The van der Waals surface area contributed by atoms with Gasteiger partial charge in [0.2, 0.25) is 5.95 Å². The van der Waals surface area contributed by atoms with Crippen molar-refractivity contribution in [1.82, 2.24) is 19.4 Å². The van der Waals surface area contributed by atoms with Gasteiger partial charge in [-0.1, -0.05) is 24.3 Å². The molecule has 0 saturated carbocycles. The Morgan fingerprint density at radius 3 is 2.61 bits per heavy atom. The summed E-state index contributed by atoms with van der Waals surface area (Å²) in [6.45, 7) is 0. The molecule has 0 unspecified atom stereocenters.